The van der Waals surface area contributed by atoms with Crippen molar-refractivity contribution in [3.63, 3.8) is 0 Å². The molecule has 1 aromatic heterocycles. The summed E-state index contributed by atoms with van der Waals surface area (Å²) < 4.78 is 11.3. The second-order valence-electron chi connectivity index (χ2n) is 4.94. The van der Waals surface area contributed by atoms with Gasteiger partial charge in [-0.3, -0.25) is 5.10 Å². The lowest BCUT2D eigenvalue weighted by atomic mass is 10.1. The van der Waals surface area contributed by atoms with Crippen molar-refractivity contribution in [3.8, 4) is 11.5 Å². The summed E-state index contributed by atoms with van der Waals surface area (Å²) in [5, 5.41) is 10.1. The third kappa shape index (κ3) is 4.96. The van der Waals surface area contributed by atoms with Gasteiger partial charge in [-0.25, -0.2) is 4.98 Å². The van der Waals surface area contributed by atoms with Crippen LogP contribution in [-0.4, -0.2) is 28.4 Å². The molecule has 1 heterocycles. The van der Waals surface area contributed by atoms with Gasteiger partial charge in [0.1, 0.15) is 36.9 Å². The number of rotatable bonds is 10. The van der Waals surface area contributed by atoms with E-state index in [0.29, 0.717) is 19.8 Å². The van der Waals surface area contributed by atoms with Crippen molar-refractivity contribution >= 4 is 0 Å². The third-order valence-electron chi connectivity index (χ3n) is 3.21. The number of ether oxygens (including phenoxy) is 2. The van der Waals surface area contributed by atoms with Crippen molar-refractivity contribution in [2.24, 2.45) is 0 Å². The highest BCUT2D eigenvalue weighted by molar-refractivity contribution is 5.41. The Morgan fingerprint density at radius 2 is 2.04 bits per heavy atom. The van der Waals surface area contributed by atoms with Crippen molar-refractivity contribution in [3.05, 3.63) is 61.2 Å². The van der Waals surface area contributed by atoms with E-state index in [1.165, 1.54) is 6.33 Å². The van der Waals surface area contributed by atoms with Crippen molar-refractivity contribution in [1.29, 1.82) is 0 Å². The summed E-state index contributed by atoms with van der Waals surface area (Å²) >= 11 is 0. The van der Waals surface area contributed by atoms with E-state index in [-0.39, 0.29) is 6.04 Å². The topological polar surface area (TPSA) is 72.1 Å². The molecule has 6 nitrogen and oxygen atoms in total. The molecule has 0 spiro atoms. The zero-order chi connectivity index (χ0) is 16.5. The van der Waals surface area contributed by atoms with E-state index in [4.69, 9.17) is 9.47 Å². The van der Waals surface area contributed by atoms with Crippen molar-refractivity contribution in [2.75, 3.05) is 13.2 Å². The van der Waals surface area contributed by atoms with Crippen LogP contribution in [0.2, 0.25) is 0 Å². The normalized spacial score (nSPS) is 11.7. The van der Waals surface area contributed by atoms with Gasteiger partial charge >= 0.3 is 0 Å². The Balaban J connectivity index is 2.05. The first-order valence-corrected chi connectivity index (χ1v) is 7.43. The maximum Gasteiger partial charge on any atom is 0.141 e. The standard InChI is InChI=1S/C17H22N4O2/c1-4-8-22-15-7-6-14(16(10-15)23-9-5-2)11-18-13(3)17-19-12-20-21-17/h4-7,10,12-13,18H,1-2,8-9,11H2,3H3,(H,19,20,21). The Morgan fingerprint density at radius 3 is 2.74 bits per heavy atom. The minimum atomic E-state index is 0.0569. The van der Waals surface area contributed by atoms with Gasteiger partial charge < -0.3 is 14.8 Å². The van der Waals surface area contributed by atoms with Gasteiger partial charge in [0.25, 0.3) is 0 Å². The largest absolute Gasteiger partial charge is 0.489 e. The first kappa shape index (κ1) is 16.8. The quantitative estimate of drug-likeness (QED) is 0.660. The second kappa shape index (κ2) is 8.75. The molecule has 2 aromatic rings. The van der Waals surface area contributed by atoms with E-state index in [9.17, 15) is 0 Å². The van der Waals surface area contributed by atoms with E-state index < -0.39 is 0 Å². The van der Waals surface area contributed by atoms with Gasteiger partial charge in [-0.2, -0.15) is 5.10 Å². The predicted molar refractivity (Wildman–Crippen MR) is 89.5 cm³/mol. The highest BCUT2D eigenvalue weighted by Crippen LogP contribution is 2.25. The van der Waals surface area contributed by atoms with Crippen LogP contribution < -0.4 is 14.8 Å². The van der Waals surface area contributed by atoms with Gasteiger partial charge in [0.2, 0.25) is 0 Å². The van der Waals surface area contributed by atoms with Crippen LogP contribution in [0.15, 0.2) is 49.8 Å². The molecule has 2 N–H and O–H groups in total. The average Bonchev–Trinajstić information content (AvgIpc) is 3.11. The molecule has 1 atom stereocenters. The fourth-order valence-electron chi connectivity index (χ4n) is 1.99. The monoisotopic (exact) mass is 314 g/mol. The highest BCUT2D eigenvalue weighted by Gasteiger charge is 2.11. The molecule has 122 valence electrons. The molecule has 0 bridgehead atoms. The summed E-state index contributed by atoms with van der Waals surface area (Å²) in [6, 6.07) is 5.84. The number of H-pyrrole nitrogens is 1. The number of nitrogens with zero attached hydrogens (tertiary/aromatic N) is 2. The van der Waals surface area contributed by atoms with Crippen LogP contribution in [0.4, 0.5) is 0 Å². The third-order valence-corrected chi connectivity index (χ3v) is 3.21. The maximum absolute atomic E-state index is 5.73. The maximum atomic E-state index is 5.73. The zero-order valence-corrected chi connectivity index (χ0v) is 13.3. The number of hydrogen-bond acceptors (Lipinski definition) is 5. The molecule has 0 amide bonds. The van der Waals surface area contributed by atoms with Crippen LogP contribution in [0.3, 0.4) is 0 Å². The fraction of sp³-hybridized carbons (Fsp3) is 0.294. The molecule has 0 aliphatic rings. The van der Waals surface area contributed by atoms with Crippen LogP contribution in [-0.2, 0) is 6.54 Å². The van der Waals surface area contributed by atoms with E-state index in [2.05, 4.69) is 33.7 Å². The van der Waals surface area contributed by atoms with Crippen LogP contribution in [0.25, 0.3) is 0 Å². The van der Waals surface area contributed by atoms with E-state index in [1.807, 2.05) is 25.1 Å². The Hall–Kier alpha value is -2.60. The smallest absolute Gasteiger partial charge is 0.141 e. The lowest BCUT2D eigenvalue weighted by Gasteiger charge is -2.15. The molecule has 1 aromatic carbocycles. The summed E-state index contributed by atoms with van der Waals surface area (Å²) in [5.41, 5.74) is 1.03. The SMILES string of the molecule is C=CCOc1ccc(CNC(C)c2ncn[nH]2)c(OCC=C)c1. The molecule has 0 aliphatic carbocycles. The highest BCUT2D eigenvalue weighted by atomic mass is 16.5. The van der Waals surface area contributed by atoms with Gasteiger partial charge in [-0.05, 0) is 13.0 Å². The molecule has 0 radical (unpaired) electrons. The predicted octanol–water partition coefficient (Wildman–Crippen LogP) is 2.79. The zero-order valence-electron chi connectivity index (χ0n) is 13.3. The molecule has 23 heavy (non-hydrogen) atoms. The van der Waals surface area contributed by atoms with Gasteiger partial charge in [-0.1, -0.05) is 31.4 Å². The first-order valence-electron chi connectivity index (χ1n) is 7.43. The van der Waals surface area contributed by atoms with Crippen molar-refractivity contribution in [2.45, 2.75) is 19.5 Å². The summed E-state index contributed by atoms with van der Waals surface area (Å²) in [4.78, 5) is 4.15. The van der Waals surface area contributed by atoms with Gasteiger partial charge in [0, 0.05) is 18.2 Å². The fourth-order valence-corrected chi connectivity index (χ4v) is 1.99. The summed E-state index contributed by atoms with van der Waals surface area (Å²) in [7, 11) is 0. The average molecular weight is 314 g/mol. The number of benzene rings is 1. The van der Waals surface area contributed by atoms with Crippen LogP contribution in [0.1, 0.15) is 24.4 Å². The lowest BCUT2D eigenvalue weighted by Crippen LogP contribution is -2.19. The Kier molecular flexibility index (Phi) is 6.38. The Morgan fingerprint density at radius 1 is 1.26 bits per heavy atom. The molecular weight excluding hydrogens is 292 g/mol. The number of aromatic amines is 1. The Bertz CT molecular complexity index is 626. The number of aromatic nitrogens is 3. The van der Waals surface area contributed by atoms with Gasteiger partial charge in [-0.15, -0.1) is 0 Å². The first-order chi connectivity index (χ1) is 11.2. The van der Waals surface area contributed by atoms with E-state index in [0.717, 1.165) is 22.9 Å². The summed E-state index contributed by atoms with van der Waals surface area (Å²) in [6.07, 6.45) is 4.92. The van der Waals surface area contributed by atoms with E-state index in [1.54, 1.807) is 12.2 Å². The van der Waals surface area contributed by atoms with Crippen LogP contribution in [0.5, 0.6) is 11.5 Å². The molecule has 0 saturated carbocycles. The Labute approximate surface area is 136 Å². The van der Waals surface area contributed by atoms with E-state index >= 15 is 0 Å². The summed E-state index contributed by atoms with van der Waals surface area (Å²) in [5.74, 6) is 2.31. The summed E-state index contributed by atoms with van der Waals surface area (Å²) in [6.45, 7) is 10.9. The lowest BCUT2D eigenvalue weighted by molar-refractivity contribution is 0.341. The van der Waals surface area contributed by atoms with Crippen LogP contribution >= 0.6 is 0 Å². The minimum Gasteiger partial charge on any atom is -0.489 e. The molecule has 0 fully saturated rings. The van der Waals surface area contributed by atoms with Gasteiger partial charge in [0.05, 0.1) is 6.04 Å². The molecule has 0 saturated heterocycles. The number of nitrogens with one attached hydrogen (secondary N) is 2. The van der Waals surface area contributed by atoms with Crippen molar-refractivity contribution in [1.82, 2.24) is 20.5 Å². The van der Waals surface area contributed by atoms with Crippen molar-refractivity contribution < 1.29 is 9.47 Å². The molecule has 1 unspecified atom stereocenters. The van der Waals surface area contributed by atoms with Gasteiger partial charge in [0.15, 0.2) is 0 Å². The van der Waals surface area contributed by atoms with Crippen LogP contribution in [0, 0.1) is 0 Å². The molecular formula is C17H22N4O2. The molecule has 2 rings (SSSR count). The molecule has 0 aliphatic heterocycles. The second-order valence-corrected chi connectivity index (χ2v) is 4.94. The molecule has 6 heteroatoms. The minimum absolute atomic E-state index is 0.0569. The number of hydrogen-bond donors (Lipinski definition) is 2.